The van der Waals surface area contributed by atoms with Crippen molar-refractivity contribution in [1.82, 2.24) is 38.2 Å². The number of hydrogen-bond donors (Lipinski definition) is 0. The molecule has 6 rings (SSSR count). The van der Waals surface area contributed by atoms with Crippen LogP contribution in [-0.4, -0.2) is 56.6 Å². The van der Waals surface area contributed by atoms with Gasteiger partial charge in [0.05, 0.1) is 36.1 Å². The quantitative estimate of drug-likeness (QED) is 0.433. The summed E-state index contributed by atoms with van der Waals surface area (Å²) in [4.78, 5) is 9.38. The van der Waals surface area contributed by atoms with E-state index >= 15 is 0 Å². The van der Waals surface area contributed by atoms with Crippen LogP contribution in [0.25, 0.3) is 28.3 Å². The number of nitriles is 1. The lowest BCUT2D eigenvalue weighted by atomic mass is 9.89. The molecule has 0 atom stereocenters. The van der Waals surface area contributed by atoms with Gasteiger partial charge in [-0.25, -0.2) is 14.3 Å². The average molecular weight is 432 g/mol. The van der Waals surface area contributed by atoms with Crippen molar-refractivity contribution in [3.8, 4) is 28.7 Å². The van der Waals surface area contributed by atoms with Crippen LogP contribution in [0.1, 0.15) is 19.3 Å². The number of aryl methyl sites for hydroxylation is 1. The third-order valence-electron chi connectivity index (χ3n) is 5.89. The zero-order valence-corrected chi connectivity index (χ0v) is 17.9. The highest BCUT2D eigenvalue weighted by Gasteiger charge is 2.47. The fraction of sp³-hybridized carbons (Fsp3) is 0.381. The largest absolute Gasteiger partial charge is 0.284 e. The third-order valence-corrected chi connectivity index (χ3v) is 7.22. The fourth-order valence-corrected chi connectivity index (χ4v) is 5.48. The molecule has 1 aliphatic carbocycles. The maximum Gasteiger partial charge on any atom is 0.149 e. The van der Waals surface area contributed by atoms with Crippen molar-refractivity contribution in [1.29, 1.82) is 5.26 Å². The summed E-state index contributed by atoms with van der Waals surface area (Å²) < 4.78 is 8.06. The highest BCUT2D eigenvalue weighted by Crippen LogP contribution is 2.44. The second-order valence-corrected chi connectivity index (χ2v) is 9.75. The van der Waals surface area contributed by atoms with Gasteiger partial charge in [-0.2, -0.15) is 15.5 Å². The van der Waals surface area contributed by atoms with Crippen molar-refractivity contribution in [3.05, 3.63) is 43.2 Å². The number of nitrogens with zero attached hydrogens (tertiary/aromatic N) is 9. The fourth-order valence-electron chi connectivity index (χ4n) is 4.08. The Labute approximate surface area is 183 Å². The van der Waals surface area contributed by atoms with Gasteiger partial charge in [0.25, 0.3) is 0 Å². The molecule has 1 saturated heterocycles. The molecule has 10 heteroatoms. The number of fused-ring (bicyclic) bond motifs is 1. The van der Waals surface area contributed by atoms with E-state index in [4.69, 9.17) is 4.98 Å². The van der Waals surface area contributed by atoms with Gasteiger partial charge in [-0.3, -0.25) is 13.8 Å². The summed E-state index contributed by atoms with van der Waals surface area (Å²) >= 11 is 1.93. The maximum absolute atomic E-state index is 9.46. The van der Waals surface area contributed by atoms with Crippen LogP contribution in [0.2, 0.25) is 0 Å². The second-order valence-electron chi connectivity index (χ2n) is 8.36. The SMILES string of the molecule is Cn1cc(-c2cc3nccn3c(-c3cnn(C4(CC#N)CN(SC5CC5)C4)c3)n2)cn1. The molecule has 0 amide bonds. The molecule has 31 heavy (non-hydrogen) atoms. The van der Waals surface area contributed by atoms with Gasteiger partial charge in [0.2, 0.25) is 0 Å². The molecule has 1 aliphatic heterocycles. The summed E-state index contributed by atoms with van der Waals surface area (Å²) in [6.07, 6.45) is 14.3. The minimum Gasteiger partial charge on any atom is -0.284 e. The summed E-state index contributed by atoms with van der Waals surface area (Å²) in [5.41, 5.74) is 3.20. The Hall–Kier alpha value is -3.16. The summed E-state index contributed by atoms with van der Waals surface area (Å²) in [7, 11) is 1.89. The Bertz CT molecular complexity index is 1300. The van der Waals surface area contributed by atoms with E-state index in [0.717, 1.165) is 46.6 Å². The van der Waals surface area contributed by atoms with Crippen LogP contribution in [0.5, 0.6) is 0 Å². The second kappa shape index (κ2) is 6.93. The predicted octanol–water partition coefficient (Wildman–Crippen LogP) is 2.73. The summed E-state index contributed by atoms with van der Waals surface area (Å²) in [6, 6.07) is 4.33. The molecule has 0 aromatic carbocycles. The Morgan fingerprint density at radius 1 is 1.19 bits per heavy atom. The van der Waals surface area contributed by atoms with E-state index in [2.05, 4.69) is 25.6 Å². The lowest BCUT2D eigenvalue weighted by molar-refractivity contribution is 0.0810. The van der Waals surface area contributed by atoms with Gasteiger partial charge in [0.1, 0.15) is 17.0 Å². The van der Waals surface area contributed by atoms with Crippen LogP contribution >= 0.6 is 11.9 Å². The van der Waals surface area contributed by atoms with Crippen LogP contribution in [0.15, 0.2) is 43.2 Å². The van der Waals surface area contributed by atoms with E-state index in [1.807, 2.05) is 58.9 Å². The Morgan fingerprint density at radius 2 is 2.03 bits per heavy atom. The number of rotatable bonds is 6. The summed E-state index contributed by atoms with van der Waals surface area (Å²) in [6.45, 7) is 1.68. The van der Waals surface area contributed by atoms with Crippen LogP contribution in [0.3, 0.4) is 0 Å². The van der Waals surface area contributed by atoms with Gasteiger partial charge >= 0.3 is 0 Å². The van der Waals surface area contributed by atoms with Crippen LogP contribution in [0.4, 0.5) is 0 Å². The Balaban J connectivity index is 1.36. The molecule has 0 spiro atoms. The molecular weight excluding hydrogens is 410 g/mol. The molecule has 4 aromatic rings. The van der Waals surface area contributed by atoms with Crippen molar-refractivity contribution in [2.45, 2.75) is 30.1 Å². The van der Waals surface area contributed by atoms with E-state index in [0.29, 0.717) is 6.42 Å². The molecular formula is C21H21N9S. The molecule has 0 bridgehead atoms. The molecule has 2 aliphatic rings. The average Bonchev–Trinajstić information content (AvgIpc) is 3.14. The first-order valence-electron chi connectivity index (χ1n) is 10.3. The monoisotopic (exact) mass is 431 g/mol. The van der Waals surface area contributed by atoms with E-state index in [1.54, 1.807) is 17.1 Å². The van der Waals surface area contributed by atoms with Crippen LogP contribution in [0, 0.1) is 11.3 Å². The molecule has 5 heterocycles. The van der Waals surface area contributed by atoms with Gasteiger partial charge in [0.15, 0.2) is 0 Å². The molecule has 0 unspecified atom stereocenters. The van der Waals surface area contributed by atoms with E-state index in [-0.39, 0.29) is 5.54 Å². The molecule has 2 fully saturated rings. The maximum atomic E-state index is 9.46. The topological polar surface area (TPSA) is 92.9 Å². The summed E-state index contributed by atoms with van der Waals surface area (Å²) in [5.74, 6) is 0.774. The Morgan fingerprint density at radius 3 is 2.77 bits per heavy atom. The highest BCUT2D eigenvalue weighted by molar-refractivity contribution is 7.97. The summed E-state index contributed by atoms with van der Waals surface area (Å²) in [5, 5.41) is 19.2. The molecule has 156 valence electrons. The van der Waals surface area contributed by atoms with Gasteiger partial charge < -0.3 is 0 Å². The van der Waals surface area contributed by atoms with Crippen molar-refractivity contribution in [2.24, 2.45) is 7.05 Å². The first-order valence-corrected chi connectivity index (χ1v) is 11.1. The zero-order valence-electron chi connectivity index (χ0n) is 17.1. The number of imidazole rings is 1. The number of hydrogen-bond acceptors (Lipinski definition) is 7. The molecule has 1 saturated carbocycles. The van der Waals surface area contributed by atoms with Crippen molar-refractivity contribution in [2.75, 3.05) is 13.1 Å². The predicted molar refractivity (Wildman–Crippen MR) is 117 cm³/mol. The van der Waals surface area contributed by atoms with Crippen LogP contribution < -0.4 is 0 Å². The molecule has 4 aromatic heterocycles. The lowest BCUT2D eigenvalue weighted by Gasteiger charge is -2.48. The van der Waals surface area contributed by atoms with E-state index in [1.165, 1.54) is 12.8 Å². The van der Waals surface area contributed by atoms with Crippen molar-refractivity contribution < 1.29 is 0 Å². The normalized spacial score (nSPS) is 18.2. The van der Waals surface area contributed by atoms with E-state index in [9.17, 15) is 5.26 Å². The third kappa shape index (κ3) is 3.21. The highest BCUT2D eigenvalue weighted by atomic mass is 32.2. The molecule has 0 N–H and O–H groups in total. The zero-order chi connectivity index (χ0) is 21.0. The molecule has 9 nitrogen and oxygen atoms in total. The van der Waals surface area contributed by atoms with Crippen molar-refractivity contribution >= 4 is 17.6 Å². The van der Waals surface area contributed by atoms with Crippen molar-refractivity contribution in [3.63, 3.8) is 0 Å². The lowest BCUT2D eigenvalue weighted by Crippen LogP contribution is -2.60. The molecule has 0 radical (unpaired) electrons. The Kier molecular flexibility index (Phi) is 4.16. The minimum atomic E-state index is -0.274. The van der Waals surface area contributed by atoms with Crippen LogP contribution in [-0.2, 0) is 12.6 Å². The standard InChI is InChI=1S/C21H21N9S/c1-27-11-15(9-24-27)18-8-19-23-6-7-29(19)20(26-18)16-10-25-30(12-16)21(4-5-22)13-28(14-21)31-17-2-3-17/h6-12,17H,2-4,13-14H2,1H3. The van der Waals surface area contributed by atoms with Gasteiger partial charge in [-0.05, 0) is 12.8 Å². The smallest absolute Gasteiger partial charge is 0.149 e. The first kappa shape index (κ1) is 18.6. The van der Waals surface area contributed by atoms with Gasteiger partial charge in [0, 0.05) is 61.8 Å². The first-order chi connectivity index (χ1) is 15.1. The minimum absolute atomic E-state index is 0.274. The van der Waals surface area contributed by atoms with Gasteiger partial charge in [-0.15, -0.1) is 0 Å². The van der Waals surface area contributed by atoms with Gasteiger partial charge in [-0.1, -0.05) is 11.9 Å². The number of aromatic nitrogens is 7. The van der Waals surface area contributed by atoms with E-state index < -0.39 is 0 Å².